The number of nitrogens with one attached hydrogen (secondary N) is 1. The maximum Gasteiger partial charge on any atom is 0.236 e. The molecule has 102 valence electrons. The minimum Gasteiger partial charge on any atom is -0.342 e. The lowest BCUT2D eigenvalue weighted by Crippen LogP contribution is -2.37. The molecule has 0 aliphatic heterocycles. The molecule has 0 bridgehead atoms. The van der Waals surface area contributed by atoms with Crippen molar-refractivity contribution in [2.24, 2.45) is 0 Å². The van der Waals surface area contributed by atoms with E-state index in [1.165, 1.54) is 0 Å². The summed E-state index contributed by atoms with van der Waals surface area (Å²) in [7, 11) is 0. The van der Waals surface area contributed by atoms with Gasteiger partial charge >= 0.3 is 0 Å². The summed E-state index contributed by atoms with van der Waals surface area (Å²) in [5, 5.41) is 12.0. The molecule has 0 unspecified atom stereocenters. The highest BCUT2D eigenvalue weighted by Crippen LogP contribution is 2.10. The lowest BCUT2D eigenvalue weighted by Gasteiger charge is -2.19. The predicted octanol–water partition coefficient (Wildman–Crippen LogP) is 1.82. The Balaban J connectivity index is 2.50. The monoisotopic (exact) mass is 259 g/mol. The van der Waals surface area contributed by atoms with E-state index in [1.54, 1.807) is 11.0 Å². The Morgan fingerprint density at radius 1 is 1.37 bits per heavy atom. The van der Waals surface area contributed by atoms with Crippen LogP contribution in [-0.4, -0.2) is 30.4 Å². The van der Waals surface area contributed by atoms with E-state index in [1.807, 2.05) is 32.9 Å². The minimum absolute atomic E-state index is 0.122. The lowest BCUT2D eigenvalue weighted by molar-refractivity contribution is -0.129. The second-order valence-corrected chi connectivity index (χ2v) is 4.42. The van der Waals surface area contributed by atoms with Gasteiger partial charge in [-0.25, -0.2) is 0 Å². The molecule has 0 saturated carbocycles. The summed E-state index contributed by atoms with van der Waals surface area (Å²) in [4.78, 5) is 13.6. The van der Waals surface area contributed by atoms with Crippen LogP contribution in [0.3, 0.4) is 0 Å². The van der Waals surface area contributed by atoms with Crippen molar-refractivity contribution in [2.75, 3.05) is 19.6 Å². The number of hydrogen-bond acceptors (Lipinski definition) is 3. The van der Waals surface area contributed by atoms with Gasteiger partial charge in [0.05, 0.1) is 18.2 Å². The van der Waals surface area contributed by atoms with Gasteiger partial charge in [-0.15, -0.1) is 0 Å². The SMILES string of the molecule is CCN(CC)C(=O)CNCc1ccc(C#N)cc1C. The van der Waals surface area contributed by atoms with Gasteiger partial charge in [-0.1, -0.05) is 6.07 Å². The number of nitriles is 1. The van der Waals surface area contributed by atoms with Crippen molar-refractivity contribution >= 4 is 5.91 Å². The fraction of sp³-hybridized carbons (Fsp3) is 0.467. The molecule has 1 aromatic rings. The normalized spacial score (nSPS) is 10.0. The summed E-state index contributed by atoms with van der Waals surface area (Å²) >= 11 is 0. The first-order valence-electron chi connectivity index (χ1n) is 6.60. The average Bonchev–Trinajstić information content (AvgIpc) is 2.42. The Morgan fingerprint density at radius 3 is 2.58 bits per heavy atom. The highest BCUT2D eigenvalue weighted by molar-refractivity contribution is 5.78. The van der Waals surface area contributed by atoms with Crippen LogP contribution in [0.5, 0.6) is 0 Å². The van der Waals surface area contributed by atoms with Crippen LogP contribution in [-0.2, 0) is 11.3 Å². The van der Waals surface area contributed by atoms with Gasteiger partial charge in [-0.2, -0.15) is 5.26 Å². The fourth-order valence-corrected chi connectivity index (χ4v) is 1.96. The second kappa shape index (κ2) is 7.55. The van der Waals surface area contributed by atoms with Crippen molar-refractivity contribution < 1.29 is 4.79 Å². The molecule has 4 heteroatoms. The van der Waals surface area contributed by atoms with E-state index < -0.39 is 0 Å². The number of rotatable bonds is 6. The number of carbonyl (C=O) groups excluding carboxylic acids is 1. The summed E-state index contributed by atoms with van der Waals surface area (Å²) in [5.74, 6) is 0.122. The van der Waals surface area contributed by atoms with Gasteiger partial charge in [-0.05, 0) is 44.0 Å². The van der Waals surface area contributed by atoms with E-state index >= 15 is 0 Å². The second-order valence-electron chi connectivity index (χ2n) is 4.42. The van der Waals surface area contributed by atoms with E-state index in [9.17, 15) is 4.79 Å². The molecule has 0 aromatic heterocycles. The molecule has 0 atom stereocenters. The zero-order valence-corrected chi connectivity index (χ0v) is 11.9. The summed E-state index contributed by atoms with van der Waals surface area (Å²) < 4.78 is 0. The fourth-order valence-electron chi connectivity index (χ4n) is 1.96. The van der Waals surface area contributed by atoms with Crippen LogP contribution in [0.4, 0.5) is 0 Å². The standard InChI is InChI=1S/C15H21N3O/c1-4-18(5-2)15(19)11-17-10-14-7-6-13(9-16)8-12(14)3/h6-8,17H,4-5,10-11H2,1-3H3. The summed E-state index contributed by atoms with van der Waals surface area (Å²) in [6.07, 6.45) is 0. The summed E-state index contributed by atoms with van der Waals surface area (Å²) in [6.45, 7) is 8.41. The topological polar surface area (TPSA) is 56.1 Å². The smallest absolute Gasteiger partial charge is 0.236 e. The number of likely N-dealkylation sites (N-methyl/N-ethyl adjacent to an activating group) is 1. The van der Waals surface area contributed by atoms with Crippen LogP contribution in [0.15, 0.2) is 18.2 Å². The quantitative estimate of drug-likeness (QED) is 0.848. The van der Waals surface area contributed by atoms with Gasteiger partial charge in [-0.3, -0.25) is 4.79 Å². The van der Waals surface area contributed by atoms with E-state index in [-0.39, 0.29) is 5.91 Å². The van der Waals surface area contributed by atoms with Gasteiger partial charge in [0.25, 0.3) is 0 Å². The Kier molecular flexibility index (Phi) is 6.04. The Bertz CT molecular complexity index is 473. The first-order valence-corrected chi connectivity index (χ1v) is 6.60. The highest BCUT2D eigenvalue weighted by atomic mass is 16.2. The number of hydrogen-bond donors (Lipinski definition) is 1. The van der Waals surface area contributed by atoms with Crippen LogP contribution in [0.1, 0.15) is 30.5 Å². The first kappa shape index (κ1) is 15.2. The minimum atomic E-state index is 0.122. The molecule has 0 saturated heterocycles. The zero-order chi connectivity index (χ0) is 14.3. The molecule has 0 heterocycles. The van der Waals surface area contributed by atoms with Crippen LogP contribution in [0.25, 0.3) is 0 Å². The molecular weight excluding hydrogens is 238 g/mol. The van der Waals surface area contributed by atoms with Crippen LogP contribution < -0.4 is 5.32 Å². The third-order valence-electron chi connectivity index (χ3n) is 3.18. The molecule has 1 amide bonds. The largest absolute Gasteiger partial charge is 0.342 e. The first-order chi connectivity index (χ1) is 9.12. The molecule has 19 heavy (non-hydrogen) atoms. The van der Waals surface area contributed by atoms with E-state index in [2.05, 4.69) is 11.4 Å². The third-order valence-corrected chi connectivity index (χ3v) is 3.18. The summed E-state index contributed by atoms with van der Waals surface area (Å²) in [5.41, 5.74) is 2.86. The van der Waals surface area contributed by atoms with Crippen molar-refractivity contribution in [3.63, 3.8) is 0 Å². The Hall–Kier alpha value is -1.86. The van der Waals surface area contributed by atoms with Crippen LogP contribution in [0.2, 0.25) is 0 Å². The maximum atomic E-state index is 11.8. The van der Waals surface area contributed by atoms with E-state index in [0.29, 0.717) is 18.7 Å². The van der Waals surface area contributed by atoms with Crippen molar-refractivity contribution in [1.29, 1.82) is 5.26 Å². The lowest BCUT2D eigenvalue weighted by atomic mass is 10.1. The molecule has 4 nitrogen and oxygen atoms in total. The third kappa shape index (κ3) is 4.38. The Labute approximate surface area is 115 Å². The number of carbonyl (C=O) groups is 1. The molecule has 0 radical (unpaired) electrons. The van der Waals surface area contributed by atoms with Crippen molar-refractivity contribution in [2.45, 2.75) is 27.3 Å². The Morgan fingerprint density at radius 2 is 2.05 bits per heavy atom. The van der Waals surface area contributed by atoms with Gasteiger partial charge in [0.2, 0.25) is 5.91 Å². The molecule has 1 aromatic carbocycles. The predicted molar refractivity (Wildman–Crippen MR) is 75.5 cm³/mol. The molecular formula is C15H21N3O. The molecule has 0 spiro atoms. The van der Waals surface area contributed by atoms with Crippen molar-refractivity contribution in [3.8, 4) is 6.07 Å². The number of aryl methyl sites for hydroxylation is 1. The molecule has 0 aliphatic carbocycles. The van der Waals surface area contributed by atoms with Gasteiger partial charge in [0, 0.05) is 19.6 Å². The molecule has 1 N–H and O–H groups in total. The van der Waals surface area contributed by atoms with Crippen LogP contribution >= 0.6 is 0 Å². The molecule has 0 fully saturated rings. The number of amides is 1. The van der Waals surface area contributed by atoms with Crippen molar-refractivity contribution in [3.05, 3.63) is 34.9 Å². The molecule has 0 aliphatic rings. The highest BCUT2D eigenvalue weighted by Gasteiger charge is 2.08. The average molecular weight is 259 g/mol. The van der Waals surface area contributed by atoms with E-state index in [4.69, 9.17) is 5.26 Å². The number of nitrogens with zero attached hydrogens (tertiary/aromatic N) is 2. The van der Waals surface area contributed by atoms with Crippen molar-refractivity contribution in [1.82, 2.24) is 10.2 Å². The van der Waals surface area contributed by atoms with Crippen LogP contribution in [0, 0.1) is 18.3 Å². The van der Waals surface area contributed by atoms with Gasteiger partial charge < -0.3 is 10.2 Å². The molecule has 1 rings (SSSR count). The summed E-state index contributed by atoms with van der Waals surface area (Å²) in [6, 6.07) is 7.72. The maximum absolute atomic E-state index is 11.8. The van der Waals surface area contributed by atoms with E-state index in [0.717, 1.165) is 24.2 Å². The van der Waals surface area contributed by atoms with Gasteiger partial charge in [0.15, 0.2) is 0 Å². The van der Waals surface area contributed by atoms with Gasteiger partial charge in [0.1, 0.15) is 0 Å². The zero-order valence-electron chi connectivity index (χ0n) is 11.9. The number of benzene rings is 1.